The van der Waals surface area contributed by atoms with Gasteiger partial charge in [0.05, 0.1) is 11.1 Å². The number of Topliss-reactive ketones (excluding diaryl/α,β-unsaturated/α-hetero) is 1. The highest BCUT2D eigenvalue weighted by Gasteiger charge is 2.52. The molecule has 5 rings (SSSR count). The lowest BCUT2D eigenvalue weighted by molar-refractivity contribution is -0.286. The Labute approximate surface area is 183 Å². The highest BCUT2D eigenvalue weighted by atomic mass is 32.1. The zero-order chi connectivity index (χ0) is 21.8. The minimum Gasteiger partial charge on any atom is -0.395 e. The second kappa shape index (κ2) is 7.05. The minimum atomic E-state index is -3.67. The molecule has 0 N–H and O–H groups in total. The predicted molar refractivity (Wildman–Crippen MR) is 114 cm³/mol. The van der Waals surface area contributed by atoms with Crippen LogP contribution in [0.4, 0.5) is 8.78 Å². The van der Waals surface area contributed by atoms with Crippen LogP contribution in [0.1, 0.15) is 29.7 Å². The second-order valence-corrected chi connectivity index (χ2v) is 8.54. The van der Waals surface area contributed by atoms with Gasteiger partial charge in [0.2, 0.25) is 0 Å². The van der Waals surface area contributed by atoms with Crippen molar-refractivity contribution in [2.24, 2.45) is 0 Å². The summed E-state index contributed by atoms with van der Waals surface area (Å²) in [6.45, 7) is 1.98. The molecule has 158 valence electrons. The number of fused-ring (bicyclic) bond motifs is 1. The van der Waals surface area contributed by atoms with Gasteiger partial charge in [-0.3, -0.25) is 9.78 Å². The first-order valence-electron chi connectivity index (χ1n) is 9.95. The summed E-state index contributed by atoms with van der Waals surface area (Å²) in [7, 11) is 0. The van der Waals surface area contributed by atoms with E-state index in [1.165, 1.54) is 12.1 Å². The average Bonchev–Trinajstić information content (AvgIpc) is 3.47. The van der Waals surface area contributed by atoms with Crippen LogP contribution >= 0.6 is 12.6 Å². The molecule has 3 aromatic rings. The van der Waals surface area contributed by atoms with Gasteiger partial charge >= 0.3 is 6.29 Å². The number of alkyl halides is 2. The summed E-state index contributed by atoms with van der Waals surface area (Å²) < 4.78 is 35.7. The van der Waals surface area contributed by atoms with E-state index < -0.39 is 11.7 Å². The number of hydrogen-bond donors (Lipinski definition) is 1. The van der Waals surface area contributed by atoms with Crippen molar-refractivity contribution in [1.29, 1.82) is 0 Å². The lowest BCUT2D eigenvalue weighted by atomic mass is 9.88. The van der Waals surface area contributed by atoms with Gasteiger partial charge in [-0.2, -0.15) is 0 Å². The number of thiol groups is 1. The molecule has 2 aliphatic rings. The molecule has 4 nitrogen and oxygen atoms in total. The molecule has 0 amide bonds. The quantitative estimate of drug-likeness (QED) is 0.533. The zero-order valence-electron chi connectivity index (χ0n) is 16.7. The van der Waals surface area contributed by atoms with Crippen LogP contribution in [-0.4, -0.2) is 17.1 Å². The minimum absolute atomic E-state index is 0.0194. The monoisotopic (exact) mass is 439 g/mol. The van der Waals surface area contributed by atoms with Gasteiger partial charge in [-0.05, 0) is 61.2 Å². The van der Waals surface area contributed by atoms with Gasteiger partial charge in [-0.15, -0.1) is 21.4 Å². The zero-order valence-corrected chi connectivity index (χ0v) is 17.6. The van der Waals surface area contributed by atoms with Crippen LogP contribution in [0.15, 0.2) is 59.5 Å². The van der Waals surface area contributed by atoms with Crippen molar-refractivity contribution < 1.29 is 23.0 Å². The molecule has 31 heavy (non-hydrogen) atoms. The first-order valence-corrected chi connectivity index (χ1v) is 10.4. The van der Waals surface area contributed by atoms with Gasteiger partial charge in [0.15, 0.2) is 11.5 Å². The fraction of sp³-hybridized carbons (Fsp3) is 0.250. The SMILES string of the molecule is Cc1ccc(CC(=O)C2(c3ccc4c(c3)OC(F)(F)O4)CC2)nc1-c1ccc(S)cc1. The van der Waals surface area contributed by atoms with Crippen molar-refractivity contribution in [1.82, 2.24) is 4.98 Å². The van der Waals surface area contributed by atoms with E-state index in [2.05, 4.69) is 22.1 Å². The fourth-order valence-electron chi connectivity index (χ4n) is 4.01. The Hall–Kier alpha value is -2.93. The molecule has 0 unspecified atom stereocenters. The van der Waals surface area contributed by atoms with Gasteiger partial charge in [-0.1, -0.05) is 24.3 Å². The Balaban J connectivity index is 1.40. The Kier molecular flexibility index (Phi) is 4.55. The van der Waals surface area contributed by atoms with Crippen molar-refractivity contribution in [2.75, 3.05) is 0 Å². The first kappa shape index (κ1) is 20.0. The van der Waals surface area contributed by atoms with Crippen LogP contribution in [0.5, 0.6) is 11.5 Å². The highest BCUT2D eigenvalue weighted by molar-refractivity contribution is 7.80. The molecule has 2 aromatic carbocycles. The molecule has 0 bridgehead atoms. The number of benzene rings is 2. The van der Waals surface area contributed by atoms with Crippen LogP contribution in [-0.2, 0) is 16.6 Å². The number of aryl methyl sites for hydroxylation is 1. The number of rotatable bonds is 5. The van der Waals surface area contributed by atoms with E-state index in [0.29, 0.717) is 24.1 Å². The van der Waals surface area contributed by atoms with E-state index >= 15 is 0 Å². The molecule has 7 heteroatoms. The third-order valence-corrected chi connectivity index (χ3v) is 6.17. The van der Waals surface area contributed by atoms with E-state index in [0.717, 1.165) is 21.7 Å². The molecule has 0 spiro atoms. The number of nitrogens with zero attached hydrogens (tertiary/aromatic N) is 1. The number of carbonyl (C=O) groups excluding carboxylic acids is 1. The molecule has 0 radical (unpaired) electrons. The molecule has 1 fully saturated rings. The van der Waals surface area contributed by atoms with E-state index in [4.69, 9.17) is 4.98 Å². The molecule has 0 saturated heterocycles. The lowest BCUT2D eigenvalue weighted by Gasteiger charge is -2.15. The van der Waals surface area contributed by atoms with Crippen LogP contribution in [0, 0.1) is 6.92 Å². The second-order valence-electron chi connectivity index (χ2n) is 8.03. The molecular formula is C24H19F2NO3S. The Morgan fingerprint density at radius 3 is 2.45 bits per heavy atom. The maximum absolute atomic E-state index is 13.3. The molecule has 1 aromatic heterocycles. The molecule has 2 heterocycles. The van der Waals surface area contributed by atoms with Crippen molar-refractivity contribution in [3.63, 3.8) is 0 Å². The van der Waals surface area contributed by atoms with Gasteiger partial charge < -0.3 is 9.47 Å². The number of ketones is 1. The highest BCUT2D eigenvalue weighted by Crippen LogP contribution is 2.52. The van der Waals surface area contributed by atoms with Crippen molar-refractivity contribution in [2.45, 2.75) is 42.8 Å². The van der Waals surface area contributed by atoms with E-state index in [-0.39, 0.29) is 23.7 Å². The molecule has 1 aliphatic carbocycles. The Morgan fingerprint density at radius 1 is 1.03 bits per heavy atom. The fourth-order valence-corrected chi connectivity index (χ4v) is 4.16. The van der Waals surface area contributed by atoms with Crippen molar-refractivity contribution in [3.05, 3.63) is 71.4 Å². The number of pyridine rings is 1. The topological polar surface area (TPSA) is 48.4 Å². The lowest BCUT2D eigenvalue weighted by Crippen LogP contribution is -2.26. The van der Waals surface area contributed by atoms with Crippen LogP contribution in [0.3, 0.4) is 0 Å². The molecule has 1 aliphatic heterocycles. The summed E-state index contributed by atoms with van der Waals surface area (Å²) in [6.07, 6.45) is -2.16. The van der Waals surface area contributed by atoms with Gasteiger partial charge in [0.1, 0.15) is 5.78 Å². The molecular weight excluding hydrogens is 420 g/mol. The summed E-state index contributed by atoms with van der Waals surface area (Å²) in [5.41, 5.74) is 3.47. The van der Waals surface area contributed by atoms with Crippen LogP contribution < -0.4 is 9.47 Å². The summed E-state index contributed by atoms with van der Waals surface area (Å²) in [4.78, 5) is 18.8. The van der Waals surface area contributed by atoms with Gasteiger partial charge in [-0.25, -0.2) is 0 Å². The van der Waals surface area contributed by atoms with E-state index in [9.17, 15) is 13.6 Å². The largest absolute Gasteiger partial charge is 0.586 e. The Morgan fingerprint density at radius 2 is 1.74 bits per heavy atom. The van der Waals surface area contributed by atoms with E-state index in [1.54, 1.807) is 6.07 Å². The summed E-state index contributed by atoms with van der Waals surface area (Å²) >= 11 is 4.32. The maximum Gasteiger partial charge on any atom is 0.586 e. The first-order chi connectivity index (χ1) is 14.8. The summed E-state index contributed by atoms with van der Waals surface area (Å²) in [5.74, 6) is -0.0369. The van der Waals surface area contributed by atoms with Crippen molar-refractivity contribution in [3.8, 4) is 22.8 Å². The predicted octanol–water partition coefficient (Wildman–Crippen LogP) is 5.51. The van der Waals surface area contributed by atoms with E-state index in [1.807, 2.05) is 43.3 Å². The van der Waals surface area contributed by atoms with Crippen molar-refractivity contribution >= 4 is 18.4 Å². The smallest absolute Gasteiger partial charge is 0.395 e. The third-order valence-electron chi connectivity index (χ3n) is 5.87. The molecule has 0 atom stereocenters. The summed E-state index contributed by atoms with van der Waals surface area (Å²) in [6, 6.07) is 16.1. The van der Waals surface area contributed by atoms with Crippen LogP contribution in [0.2, 0.25) is 0 Å². The number of ether oxygens (including phenoxy) is 2. The van der Waals surface area contributed by atoms with Gasteiger partial charge in [0.25, 0.3) is 0 Å². The number of hydrogen-bond acceptors (Lipinski definition) is 5. The normalized spacial score (nSPS) is 17.4. The van der Waals surface area contributed by atoms with Gasteiger partial charge in [0, 0.05) is 22.6 Å². The number of aromatic nitrogens is 1. The number of carbonyl (C=O) groups is 1. The standard InChI is InChI=1S/C24H19F2NO3S/c1-14-2-6-17(27-22(14)15-3-7-18(31)8-4-15)13-21(28)23(10-11-23)16-5-9-19-20(12-16)30-24(25,26)29-19/h2-9,12,31H,10-11,13H2,1H3. The Bertz CT molecular complexity index is 1190. The summed E-state index contributed by atoms with van der Waals surface area (Å²) in [5, 5.41) is 0. The maximum atomic E-state index is 13.3. The number of halogens is 2. The average molecular weight is 439 g/mol. The third kappa shape index (κ3) is 3.67. The molecule has 1 saturated carbocycles. The van der Waals surface area contributed by atoms with Crippen LogP contribution in [0.25, 0.3) is 11.3 Å².